The van der Waals surface area contributed by atoms with E-state index in [9.17, 15) is 4.79 Å². The molecule has 9 heteroatoms. The molecular weight excluding hydrogens is 374 g/mol. The number of hydrogen-bond acceptors (Lipinski definition) is 6. The van der Waals surface area contributed by atoms with E-state index in [0.717, 1.165) is 35.7 Å². The standard InChI is InChI=1S/C19H17N7OS/c27-19(18-16(7-9-28-18)26-12-20-23-24-26)21-14-5-3-4-13(10-14)15-11-25-8-2-1-6-17(25)22-15/h3-5,7,9-12H,1-2,6,8H2,(H,21,27). The van der Waals surface area contributed by atoms with Crippen LogP contribution in [0.1, 0.15) is 28.3 Å². The van der Waals surface area contributed by atoms with Gasteiger partial charge in [0.05, 0.1) is 11.4 Å². The molecule has 3 aromatic heterocycles. The fraction of sp³-hybridized carbons (Fsp3) is 0.211. The summed E-state index contributed by atoms with van der Waals surface area (Å²) in [6.07, 6.45) is 6.99. The van der Waals surface area contributed by atoms with Crippen molar-refractivity contribution in [2.75, 3.05) is 5.32 Å². The molecule has 0 aliphatic carbocycles. The number of hydrogen-bond donors (Lipinski definition) is 1. The lowest BCUT2D eigenvalue weighted by Crippen LogP contribution is -2.13. The van der Waals surface area contributed by atoms with Gasteiger partial charge < -0.3 is 9.88 Å². The molecule has 0 unspecified atom stereocenters. The highest BCUT2D eigenvalue weighted by molar-refractivity contribution is 7.12. The van der Waals surface area contributed by atoms with Crippen LogP contribution in [0, 0.1) is 0 Å². The highest BCUT2D eigenvalue weighted by Crippen LogP contribution is 2.26. The smallest absolute Gasteiger partial charge is 0.267 e. The van der Waals surface area contributed by atoms with Crippen molar-refractivity contribution in [1.82, 2.24) is 29.8 Å². The van der Waals surface area contributed by atoms with Crippen molar-refractivity contribution in [3.05, 3.63) is 58.9 Å². The fourth-order valence-electron chi connectivity index (χ4n) is 3.42. The largest absolute Gasteiger partial charge is 0.334 e. The predicted molar refractivity (Wildman–Crippen MR) is 106 cm³/mol. The first kappa shape index (κ1) is 16.8. The molecule has 0 atom stereocenters. The van der Waals surface area contributed by atoms with E-state index in [1.165, 1.54) is 35.2 Å². The van der Waals surface area contributed by atoms with E-state index in [1.807, 2.05) is 35.7 Å². The number of nitrogens with zero attached hydrogens (tertiary/aromatic N) is 6. The molecule has 0 radical (unpaired) electrons. The molecule has 1 aliphatic heterocycles. The van der Waals surface area contributed by atoms with Gasteiger partial charge in [0.15, 0.2) is 0 Å². The SMILES string of the molecule is O=C(Nc1cccc(-c2cn3c(n2)CCCC3)c1)c1sccc1-n1cnnn1. The number of imidazole rings is 1. The quantitative estimate of drug-likeness (QED) is 0.577. The van der Waals surface area contributed by atoms with Crippen LogP contribution < -0.4 is 5.32 Å². The van der Waals surface area contributed by atoms with Crippen LogP contribution in [0.3, 0.4) is 0 Å². The lowest BCUT2D eigenvalue weighted by molar-refractivity contribution is 0.103. The van der Waals surface area contributed by atoms with Crippen molar-refractivity contribution in [3.63, 3.8) is 0 Å². The molecule has 1 aliphatic rings. The minimum atomic E-state index is -0.193. The van der Waals surface area contributed by atoms with E-state index in [2.05, 4.69) is 31.6 Å². The summed E-state index contributed by atoms with van der Waals surface area (Å²) in [6.45, 7) is 1.02. The molecule has 8 nitrogen and oxygen atoms in total. The number of amides is 1. The van der Waals surface area contributed by atoms with Crippen LogP contribution in [0.4, 0.5) is 5.69 Å². The van der Waals surface area contributed by atoms with Gasteiger partial charge in [-0.05, 0) is 46.8 Å². The lowest BCUT2D eigenvalue weighted by atomic mass is 10.1. The Bertz CT molecular complexity index is 1110. The first-order chi connectivity index (χ1) is 13.8. The highest BCUT2D eigenvalue weighted by atomic mass is 32.1. The van der Waals surface area contributed by atoms with Crippen molar-refractivity contribution < 1.29 is 4.79 Å². The molecule has 0 spiro atoms. The van der Waals surface area contributed by atoms with Crippen LogP contribution in [0.25, 0.3) is 16.9 Å². The summed E-state index contributed by atoms with van der Waals surface area (Å²) in [5, 5.41) is 15.9. The Hall–Kier alpha value is -3.33. The summed E-state index contributed by atoms with van der Waals surface area (Å²) < 4.78 is 3.71. The average Bonchev–Trinajstić information content (AvgIpc) is 3.47. The maximum Gasteiger partial charge on any atom is 0.267 e. The maximum atomic E-state index is 12.8. The Kier molecular flexibility index (Phi) is 4.21. The topological polar surface area (TPSA) is 90.5 Å². The Labute approximate surface area is 164 Å². The number of fused-ring (bicyclic) bond motifs is 1. The van der Waals surface area contributed by atoms with Gasteiger partial charge in [0.2, 0.25) is 0 Å². The molecule has 28 heavy (non-hydrogen) atoms. The first-order valence-corrected chi connectivity index (χ1v) is 9.94. The van der Waals surface area contributed by atoms with Gasteiger partial charge in [-0.2, -0.15) is 4.68 Å². The molecule has 1 amide bonds. The van der Waals surface area contributed by atoms with Gasteiger partial charge in [0.25, 0.3) is 5.91 Å². The van der Waals surface area contributed by atoms with Crippen LogP contribution in [0.15, 0.2) is 48.2 Å². The molecule has 0 saturated heterocycles. The molecule has 1 N–H and O–H groups in total. The molecule has 4 heterocycles. The van der Waals surface area contributed by atoms with Gasteiger partial charge in [-0.1, -0.05) is 12.1 Å². The van der Waals surface area contributed by atoms with Crippen LogP contribution in [0.2, 0.25) is 0 Å². The fourth-order valence-corrected chi connectivity index (χ4v) is 4.19. The summed E-state index contributed by atoms with van der Waals surface area (Å²) in [5.74, 6) is 0.946. The molecule has 0 saturated carbocycles. The van der Waals surface area contributed by atoms with Crippen molar-refractivity contribution in [2.45, 2.75) is 25.8 Å². The summed E-state index contributed by atoms with van der Waals surface area (Å²) in [7, 11) is 0. The van der Waals surface area contributed by atoms with Crippen LogP contribution in [-0.2, 0) is 13.0 Å². The summed E-state index contributed by atoms with van der Waals surface area (Å²) in [4.78, 5) is 18.1. The lowest BCUT2D eigenvalue weighted by Gasteiger charge is -2.11. The molecule has 4 aromatic rings. The van der Waals surface area contributed by atoms with E-state index in [4.69, 9.17) is 4.98 Å². The van der Waals surface area contributed by atoms with Gasteiger partial charge in [0.1, 0.15) is 17.0 Å². The van der Waals surface area contributed by atoms with Crippen LogP contribution in [-0.4, -0.2) is 35.7 Å². The molecule has 1 aromatic carbocycles. The van der Waals surface area contributed by atoms with E-state index in [1.54, 1.807) is 0 Å². The number of carbonyl (C=O) groups excluding carboxylic acids is 1. The van der Waals surface area contributed by atoms with Gasteiger partial charge in [0, 0.05) is 30.4 Å². The minimum Gasteiger partial charge on any atom is -0.334 e. The minimum absolute atomic E-state index is 0.193. The van der Waals surface area contributed by atoms with Gasteiger partial charge in [-0.25, -0.2) is 4.98 Å². The number of rotatable bonds is 4. The second-order valence-corrected chi connectivity index (χ2v) is 7.53. The third-order valence-electron chi connectivity index (χ3n) is 4.77. The third kappa shape index (κ3) is 3.09. The average molecular weight is 391 g/mol. The highest BCUT2D eigenvalue weighted by Gasteiger charge is 2.17. The van der Waals surface area contributed by atoms with Crippen LogP contribution >= 0.6 is 11.3 Å². The third-order valence-corrected chi connectivity index (χ3v) is 5.67. The van der Waals surface area contributed by atoms with Gasteiger partial charge in [-0.15, -0.1) is 16.4 Å². The first-order valence-electron chi connectivity index (χ1n) is 9.06. The van der Waals surface area contributed by atoms with E-state index in [0.29, 0.717) is 10.6 Å². The zero-order valence-corrected chi connectivity index (χ0v) is 15.8. The van der Waals surface area contributed by atoms with Crippen LogP contribution in [0.5, 0.6) is 0 Å². The Balaban J connectivity index is 1.40. The molecule has 5 rings (SSSR count). The maximum absolute atomic E-state index is 12.8. The second kappa shape index (κ2) is 7.01. The predicted octanol–water partition coefficient (Wildman–Crippen LogP) is 3.18. The summed E-state index contributed by atoms with van der Waals surface area (Å²) in [6, 6.07) is 9.60. The van der Waals surface area contributed by atoms with E-state index >= 15 is 0 Å². The molecule has 0 bridgehead atoms. The van der Waals surface area contributed by atoms with Crippen molar-refractivity contribution in [1.29, 1.82) is 0 Å². The molecule has 0 fully saturated rings. The monoisotopic (exact) mass is 391 g/mol. The Morgan fingerprint density at radius 1 is 1.21 bits per heavy atom. The molecule has 140 valence electrons. The zero-order valence-electron chi connectivity index (χ0n) is 14.9. The van der Waals surface area contributed by atoms with E-state index < -0.39 is 0 Å². The van der Waals surface area contributed by atoms with Gasteiger partial charge in [-0.3, -0.25) is 4.79 Å². The number of tetrazole rings is 1. The number of thiophene rings is 1. The number of nitrogens with one attached hydrogen (secondary N) is 1. The van der Waals surface area contributed by atoms with Gasteiger partial charge >= 0.3 is 0 Å². The van der Waals surface area contributed by atoms with Crippen molar-refractivity contribution in [2.24, 2.45) is 0 Å². The summed E-state index contributed by atoms with van der Waals surface area (Å²) in [5.41, 5.74) is 3.32. The second-order valence-electron chi connectivity index (χ2n) is 6.62. The molecular formula is C19H17N7OS. The number of aromatic nitrogens is 6. The Morgan fingerprint density at radius 2 is 2.18 bits per heavy atom. The number of benzene rings is 1. The number of anilines is 1. The normalized spacial score (nSPS) is 13.3. The summed E-state index contributed by atoms with van der Waals surface area (Å²) >= 11 is 1.35. The zero-order chi connectivity index (χ0) is 18.9. The van der Waals surface area contributed by atoms with Crippen molar-refractivity contribution >= 4 is 22.9 Å². The van der Waals surface area contributed by atoms with Crippen molar-refractivity contribution in [3.8, 4) is 16.9 Å². The Morgan fingerprint density at radius 3 is 3.04 bits per heavy atom. The number of carbonyl (C=O) groups is 1. The number of aryl methyl sites for hydroxylation is 2. The van der Waals surface area contributed by atoms with E-state index in [-0.39, 0.29) is 5.91 Å².